The number of piperazine rings is 1. The molecule has 1 saturated heterocycles. The van der Waals surface area contributed by atoms with Crippen LogP contribution in [0.2, 0.25) is 0 Å². The first-order valence-corrected chi connectivity index (χ1v) is 12.9. The molecule has 8 nitrogen and oxygen atoms in total. The summed E-state index contributed by atoms with van der Waals surface area (Å²) in [5, 5.41) is 8.15. The Labute approximate surface area is 193 Å². The number of benzene rings is 1. The Bertz CT molecular complexity index is 1250. The molecule has 0 N–H and O–H groups in total. The molecule has 1 aliphatic carbocycles. The summed E-state index contributed by atoms with van der Waals surface area (Å²) in [5.74, 6) is 0.507. The first kappa shape index (κ1) is 22.0. The van der Waals surface area contributed by atoms with Crippen LogP contribution in [0.4, 0.5) is 10.2 Å². The van der Waals surface area contributed by atoms with Crippen molar-refractivity contribution in [2.75, 3.05) is 31.1 Å². The molecule has 3 heterocycles. The minimum Gasteiger partial charge on any atom is -0.354 e. The number of hydrogen-bond donors (Lipinski definition) is 0. The maximum Gasteiger partial charge on any atom is 0.158 e. The van der Waals surface area contributed by atoms with Gasteiger partial charge in [-0.15, -0.1) is 5.10 Å². The average Bonchev–Trinajstić information content (AvgIpc) is 3.57. The molecule has 0 bridgehead atoms. The van der Waals surface area contributed by atoms with Gasteiger partial charge in [-0.3, -0.25) is 4.90 Å². The summed E-state index contributed by atoms with van der Waals surface area (Å²) < 4.78 is 40.2. The number of aryl methyl sites for hydroxylation is 1. The molecule has 33 heavy (non-hydrogen) atoms. The highest BCUT2D eigenvalue weighted by atomic mass is 32.2. The first-order valence-electron chi connectivity index (χ1n) is 11.2. The lowest BCUT2D eigenvalue weighted by atomic mass is 10.2. The highest BCUT2D eigenvalue weighted by Crippen LogP contribution is 2.31. The van der Waals surface area contributed by atoms with Crippen LogP contribution < -0.4 is 4.90 Å². The van der Waals surface area contributed by atoms with E-state index in [1.807, 2.05) is 19.1 Å². The number of sulfone groups is 1. The summed E-state index contributed by atoms with van der Waals surface area (Å²) >= 11 is 0. The second kappa shape index (κ2) is 8.83. The van der Waals surface area contributed by atoms with Crippen molar-refractivity contribution in [1.29, 1.82) is 0 Å². The standard InChI is InChI=1S/C23H27FN6O2S/c1-17-5-8-21(24)22(13-17)30-15-19(26-27-30)14-28-9-11-29(12-10-28)23-4-2-3-18(25-23)16-33(31,32)20-6-7-20/h2-5,8,13,15,20H,6-7,9-12,14,16H2,1H3. The summed E-state index contributed by atoms with van der Waals surface area (Å²) in [7, 11) is -3.08. The maximum atomic E-state index is 14.1. The summed E-state index contributed by atoms with van der Waals surface area (Å²) in [5.41, 5.74) is 2.76. The van der Waals surface area contributed by atoms with Crippen molar-refractivity contribution in [3.63, 3.8) is 0 Å². The third-order valence-corrected chi connectivity index (χ3v) is 8.33. The Kier molecular flexibility index (Phi) is 5.88. The van der Waals surface area contributed by atoms with E-state index in [9.17, 15) is 12.8 Å². The lowest BCUT2D eigenvalue weighted by molar-refractivity contribution is 0.246. The SMILES string of the molecule is Cc1ccc(F)c(-n2cc(CN3CCN(c4cccc(CS(=O)(=O)C5CC5)n4)CC3)nn2)c1. The van der Waals surface area contributed by atoms with Crippen molar-refractivity contribution in [3.8, 4) is 5.69 Å². The molecule has 0 spiro atoms. The van der Waals surface area contributed by atoms with Crippen molar-refractivity contribution in [2.45, 2.75) is 37.3 Å². The number of pyridine rings is 1. The molecule has 2 aliphatic rings. The smallest absolute Gasteiger partial charge is 0.158 e. The molecule has 1 aromatic carbocycles. The zero-order chi connectivity index (χ0) is 23.0. The number of hydrogen-bond acceptors (Lipinski definition) is 7. The average molecular weight is 471 g/mol. The van der Waals surface area contributed by atoms with Crippen LogP contribution in [0.3, 0.4) is 0 Å². The van der Waals surface area contributed by atoms with Gasteiger partial charge in [-0.05, 0) is 49.6 Å². The number of halogens is 1. The molecule has 10 heteroatoms. The van der Waals surface area contributed by atoms with Gasteiger partial charge in [0.1, 0.15) is 17.3 Å². The molecular weight excluding hydrogens is 443 g/mol. The molecule has 1 aliphatic heterocycles. The van der Waals surface area contributed by atoms with E-state index in [0.29, 0.717) is 17.9 Å². The van der Waals surface area contributed by atoms with E-state index in [1.54, 1.807) is 24.4 Å². The summed E-state index contributed by atoms with van der Waals surface area (Å²) in [6, 6.07) is 10.5. The predicted octanol–water partition coefficient (Wildman–Crippen LogP) is 2.51. The molecule has 0 radical (unpaired) electrons. The van der Waals surface area contributed by atoms with Crippen LogP contribution in [0, 0.1) is 12.7 Å². The fourth-order valence-corrected chi connectivity index (χ4v) is 5.79. The number of anilines is 1. The quantitative estimate of drug-likeness (QED) is 0.525. The van der Waals surface area contributed by atoms with Gasteiger partial charge in [-0.2, -0.15) is 0 Å². The molecule has 2 aromatic heterocycles. The van der Waals surface area contributed by atoms with Gasteiger partial charge >= 0.3 is 0 Å². The minimum atomic E-state index is -3.08. The van der Waals surface area contributed by atoms with Crippen LogP contribution in [0.1, 0.15) is 29.8 Å². The topological polar surface area (TPSA) is 84.2 Å². The van der Waals surface area contributed by atoms with E-state index in [1.165, 1.54) is 10.7 Å². The van der Waals surface area contributed by atoms with E-state index >= 15 is 0 Å². The predicted molar refractivity (Wildman–Crippen MR) is 123 cm³/mol. The molecule has 1 saturated carbocycles. The van der Waals surface area contributed by atoms with Gasteiger partial charge in [-0.1, -0.05) is 17.3 Å². The van der Waals surface area contributed by atoms with Crippen LogP contribution in [0.5, 0.6) is 0 Å². The minimum absolute atomic E-state index is 0.0165. The number of nitrogens with zero attached hydrogens (tertiary/aromatic N) is 6. The van der Waals surface area contributed by atoms with Gasteiger partial charge in [-0.25, -0.2) is 22.5 Å². The van der Waals surface area contributed by atoms with Crippen LogP contribution in [0.25, 0.3) is 5.69 Å². The molecule has 174 valence electrons. The Balaban J connectivity index is 1.19. The highest BCUT2D eigenvalue weighted by molar-refractivity contribution is 7.91. The van der Waals surface area contributed by atoms with Crippen molar-refractivity contribution in [3.05, 3.63) is 65.4 Å². The molecule has 0 amide bonds. The highest BCUT2D eigenvalue weighted by Gasteiger charge is 2.35. The normalized spacial score (nSPS) is 17.5. The summed E-state index contributed by atoms with van der Waals surface area (Å²) in [6.07, 6.45) is 3.32. The fourth-order valence-electron chi connectivity index (χ4n) is 4.13. The summed E-state index contributed by atoms with van der Waals surface area (Å²) in [4.78, 5) is 9.08. The third-order valence-electron chi connectivity index (χ3n) is 6.14. The molecule has 0 atom stereocenters. The van der Waals surface area contributed by atoms with Gasteiger partial charge in [0.25, 0.3) is 0 Å². The molecule has 5 rings (SSSR count). The van der Waals surface area contributed by atoms with Crippen molar-refractivity contribution in [2.24, 2.45) is 0 Å². The fraction of sp³-hybridized carbons (Fsp3) is 0.435. The van der Waals surface area contributed by atoms with E-state index < -0.39 is 9.84 Å². The first-order chi connectivity index (χ1) is 15.9. The lowest BCUT2D eigenvalue weighted by Gasteiger charge is -2.35. The zero-order valence-electron chi connectivity index (χ0n) is 18.6. The second-order valence-corrected chi connectivity index (χ2v) is 11.1. The largest absolute Gasteiger partial charge is 0.354 e. The maximum absolute atomic E-state index is 14.1. The van der Waals surface area contributed by atoms with E-state index in [-0.39, 0.29) is 16.8 Å². The van der Waals surface area contributed by atoms with Crippen LogP contribution >= 0.6 is 0 Å². The lowest BCUT2D eigenvalue weighted by Crippen LogP contribution is -2.46. The third kappa shape index (κ3) is 5.06. The van der Waals surface area contributed by atoms with Gasteiger partial charge in [0.2, 0.25) is 0 Å². The van der Waals surface area contributed by atoms with Crippen molar-refractivity contribution in [1.82, 2.24) is 24.9 Å². The van der Waals surface area contributed by atoms with Crippen molar-refractivity contribution >= 4 is 15.7 Å². The van der Waals surface area contributed by atoms with Gasteiger partial charge in [0.15, 0.2) is 9.84 Å². The number of rotatable bonds is 7. The molecule has 0 unspecified atom stereocenters. The van der Waals surface area contributed by atoms with Gasteiger partial charge in [0.05, 0.1) is 28.6 Å². The van der Waals surface area contributed by atoms with Crippen molar-refractivity contribution < 1.29 is 12.8 Å². The second-order valence-electron chi connectivity index (χ2n) is 8.87. The van der Waals surface area contributed by atoms with E-state index in [0.717, 1.165) is 56.1 Å². The van der Waals surface area contributed by atoms with Crippen LogP contribution in [0.15, 0.2) is 42.6 Å². The monoisotopic (exact) mass is 470 g/mol. The van der Waals surface area contributed by atoms with E-state index in [2.05, 4.69) is 25.1 Å². The Morgan fingerprint density at radius 2 is 1.85 bits per heavy atom. The number of aromatic nitrogens is 4. The molecule has 3 aromatic rings. The Hall–Kier alpha value is -2.85. The zero-order valence-corrected chi connectivity index (χ0v) is 19.4. The van der Waals surface area contributed by atoms with Crippen LogP contribution in [-0.2, 0) is 22.1 Å². The van der Waals surface area contributed by atoms with E-state index in [4.69, 9.17) is 0 Å². The van der Waals surface area contributed by atoms with Crippen LogP contribution in [-0.4, -0.2) is 64.7 Å². The summed E-state index contributed by atoms with van der Waals surface area (Å²) in [6.45, 7) is 5.75. The Morgan fingerprint density at radius 3 is 2.61 bits per heavy atom. The van der Waals surface area contributed by atoms with Gasteiger partial charge in [0, 0.05) is 32.7 Å². The Morgan fingerprint density at radius 1 is 1.06 bits per heavy atom. The van der Waals surface area contributed by atoms with Gasteiger partial charge < -0.3 is 4.90 Å². The molecular formula is C23H27FN6O2S. The molecule has 2 fully saturated rings.